The Hall–Kier alpha value is -2.04. The first-order valence-electron chi connectivity index (χ1n) is 4.96. The van der Waals surface area contributed by atoms with Gasteiger partial charge < -0.3 is 4.42 Å². The lowest BCUT2D eigenvalue weighted by Crippen LogP contribution is -2.07. The summed E-state index contributed by atoms with van der Waals surface area (Å²) in [4.78, 5) is 15.5. The molecule has 0 saturated carbocycles. The van der Waals surface area contributed by atoms with Crippen LogP contribution in [0.15, 0.2) is 28.9 Å². The number of aromatic nitrogens is 3. The first kappa shape index (κ1) is 10.5. The second-order valence-electron chi connectivity index (χ2n) is 3.67. The van der Waals surface area contributed by atoms with E-state index in [9.17, 15) is 4.79 Å². The Morgan fingerprint density at radius 2 is 2.19 bits per heavy atom. The molecule has 0 N–H and O–H groups in total. The Balaban J connectivity index is 2.30. The van der Waals surface area contributed by atoms with Crippen LogP contribution in [0.5, 0.6) is 0 Å². The van der Waals surface area contributed by atoms with Gasteiger partial charge in [-0.1, -0.05) is 13.8 Å². The summed E-state index contributed by atoms with van der Waals surface area (Å²) in [6.07, 6.45) is 3.26. The van der Waals surface area contributed by atoms with Crippen LogP contribution < -0.4 is 0 Å². The van der Waals surface area contributed by atoms with E-state index >= 15 is 0 Å². The van der Waals surface area contributed by atoms with Gasteiger partial charge in [-0.3, -0.25) is 9.78 Å². The van der Waals surface area contributed by atoms with E-state index in [1.807, 2.05) is 0 Å². The SMILES string of the molecule is CC(C)C(=O)c1nnc(-c2cccnc2)o1. The summed E-state index contributed by atoms with van der Waals surface area (Å²) in [5.74, 6) is 0.0655. The van der Waals surface area contributed by atoms with Crippen molar-refractivity contribution >= 4 is 5.78 Å². The molecule has 0 unspecified atom stereocenters. The topological polar surface area (TPSA) is 68.9 Å². The fourth-order valence-electron chi connectivity index (χ4n) is 1.18. The highest BCUT2D eigenvalue weighted by Gasteiger charge is 2.18. The number of nitrogens with zero attached hydrogens (tertiary/aromatic N) is 3. The van der Waals surface area contributed by atoms with Crippen molar-refractivity contribution in [1.29, 1.82) is 0 Å². The van der Waals surface area contributed by atoms with E-state index in [4.69, 9.17) is 4.42 Å². The van der Waals surface area contributed by atoms with E-state index in [1.165, 1.54) is 0 Å². The second kappa shape index (κ2) is 4.22. The summed E-state index contributed by atoms with van der Waals surface area (Å²) >= 11 is 0. The monoisotopic (exact) mass is 217 g/mol. The molecule has 5 nitrogen and oxygen atoms in total. The zero-order valence-electron chi connectivity index (χ0n) is 9.04. The maximum Gasteiger partial charge on any atom is 0.284 e. The van der Waals surface area contributed by atoms with E-state index in [0.717, 1.165) is 0 Å². The quantitative estimate of drug-likeness (QED) is 0.735. The van der Waals surface area contributed by atoms with Crippen LogP contribution in [0.4, 0.5) is 0 Å². The lowest BCUT2D eigenvalue weighted by Gasteiger charge is -1.96. The third kappa shape index (κ3) is 1.98. The van der Waals surface area contributed by atoms with Crippen molar-refractivity contribution in [2.75, 3.05) is 0 Å². The number of carbonyl (C=O) groups is 1. The highest BCUT2D eigenvalue weighted by Crippen LogP contribution is 2.17. The van der Waals surface area contributed by atoms with Crippen LogP contribution in [0.3, 0.4) is 0 Å². The smallest absolute Gasteiger partial charge is 0.284 e. The van der Waals surface area contributed by atoms with Crippen molar-refractivity contribution in [3.63, 3.8) is 0 Å². The molecule has 0 aliphatic heterocycles. The normalized spacial score (nSPS) is 10.7. The van der Waals surface area contributed by atoms with Crippen molar-refractivity contribution in [3.8, 4) is 11.5 Å². The Morgan fingerprint density at radius 3 is 2.81 bits per heavy atom. The van der Waals surface area contributed by atoms with Crippen LogP contribution in [0.2, 0.25) is 0 Å². The maximum absolute atomic E-state index is 11.6. The lowest BCUT2D eigenvalue weighted by molar-refractivity contribution is 0.0905. The molecule has 0 radical (unpaired) electrons. The summed E-state index contributed by atoms with van der Waals surface area (Å²) in [6, 6.07) is 3.56. The second-order valence-corrected chi connectivity index (χ2v) is 3.67. The zero-order valence-corrected chi connectivity index (χ0v) is 9.04. The first-order chi connectivity index (χ1) is 7.68. The molecule has 0 aliphatic carbocycles. The van der Waals surface area contributed by atoms with Crippen LogP contribution >= 0.6 is 0 Å². The Bertz CT molecular complexity index is 491. The van der Waals surface area contributed by atoms with E-state index in [2.05, 4.69) is 15.2 Å². The summed E-state index contributed by atoms with van der Waals surface area (Å²) in [7, 11) is 0. The van der Waals surface area contributed by atoms with Gasteiger partial charge in [-0.05, 0) is 12.1 Å². The zero-order chi connectivity index (χ0) is 11.5. The molecule has 16 heavy (non-hydrogen) atoms. The van der Waals surface area contributed by atoms with Crippen molar-refractivity contribution in [3.05, 3.63) is 30.4 Å². The van der Waals surface area contributed by atoms with Gasteiger partial charge in [0.2, 0.25) is 11.7 Å². The van der Waals surface area contributed by atoms with Gasteiger partial charge in [0, 0.05) is 18.3 Å². The molecule has 5 heteroatoms. The third-order valence-electron chi connectivity index (χ3n) is 2.07. The predicted octanol–water partition coefficient (Wildman–Crippen LogP) is 1.97. The molecule has 0 atom stereocenters. The minimum atomic E-state index is -0.151. The van der Waals surface area contributed by atoms with Gasteiger partial charge in [-0.15, -0.1) is 10.2 Å². The average Bonchev–Trinajstić information content (AvgIpc) is 2.78. The average molecular weight is 217 g/mol. The summed E-state index contributed by atoms with van der Waals surface area (Å²) in [5, 5.41) is 7.53. The van der Waals surface area contributed by atoms with Crippen molar-refractivity contribution in [2.45, 2.75) is 13.8 Å². The summed E-state index contributed by atoms with van der Waals surface area (Å²) < 4.78 is 5.28. The molecule has 2 aromatic rings. The minimum absolute atomic E-state index is 0.0499. The lowest BCUT2D eigenvalue weighted by atomic mass is 10.1. The number of hydrogen-bond acceptors (Lipinski definition) is 5. The Morgan fingerprint density at radius 1 is 1.38 bits per heavy atom. The molecule has 0 bridgehead atoms. The maximum atomic E-state index is 11.6. The fourth-order valence-corrected chi connectivity index (χ4v) is 1.18. The third-order valence-corrected chi connectivity index (χ3v) is 2.07. The van der Waals surface area contributed by atoms with Crippen molar-refractivity contribution in [2.24, 2.45) is 5.92 Å². The van der Waals surface area contributed by atoms with E-state index in [1.54, 1.807) is 38.4 Å². The molecule has 2 rings (SSSR count). The van der Waals surface area contributed by atoms with Crippen LogP contribution in [0.25, 0.3) is 11.5 Å². The molecule has 0 saturated heterocycles. The number of pyridine rings is 1. The number of Topliss-reactive ketones (excluding diaryl/α,β-unsaturated/α-hetero) is 1. The molecular weight excluding hydrogens is 206 g/mol. The number of carbonyl (C=O) groups excluding carboxylic acids is 1. The van der Waals surface area contributed by atoms with Gasteiger partial charge in [-0.25, -0.2) is 0 Å². The van der Waals surface area contributed by atoms with E-state index in [0.29, 0.717) is 11.5 Å². The standard InChI is InChI=1S/C11H11N3O2/c1-7(2)9(15)11-14-13-10(16-11)8-4-3-5-12-6-8/h3-7H,1-2H3. The van der Waals surface area contributed by atoms with Gasteiger partial charge >= 0.3 is 0 Å². The molecular formula is C11H11N3O2. The predicted molar refractivity (Wildman–Crippen MR) is 56.7 cm³/mol. The Labute approximate surface area is 92.5 Å². The molecule has 82 valence electrons. The van der Waals surface area contributed by atoms with Crippen molar-refractivity contribution < 1.29 is 9.21 Å². The van der Waals surface area contributed by atoms with Crippen molar-refractivity contribution in [1.82, 2.24) is 15.2 Å². The van der Waals surface area contributed by atoms with Gasteiger partial charge in [0.1, 0.15) is 0 Å². The molecule has 0 aliphatic rings. The fraction of sp³-hybridized carbons (Fsp3) is 0.273. The van der Waals surface area contributed by atoms with E-state index < -0.39 is 0 Å². The molecule has 2 aromatic heterocycles. The molecule has 0 fully saturated rings. The number of rotatable bonds is 3. The van der Waals surface area contributed by atoms with Crippen LogP contribution in [0.1, 0.15) is 24.5 Å². The van der Waals surface area contributed by atoms with Crippen LogP contribution in [-0.4, -0.2) is 21.0 Å². The molecule has 2 heterocycles. The summed E-state index contributed by atoms with van der Waals surface area (Å²) in [6.45, 7) is 3.58. The number of ketones is 1. The Kier molecular flexibility index (Phi) is 2.76. The van der Waals surface area contributed by atoms with Gasteiger partial charge in [0.25, 0.3) is 5.89 Å². The van der Waals surface area contributed by atoms with Crippen LogP contribution in [-0.2, 0) is 0 Å². The van der Waals surface area contributed by atoms with Gasteiger partial charge in [-0.2, -0.15) is 0 Å². The minimum Gasteiger partial charge on any atom is -0.414 e. The number of hydrogen-bond donors (Lipinski definition) is 0. The van der Waals surface area contributed by atoms with Gasteiger partial charge in [0.15, 0.2) is 0 Å². The largest absolute Gasteiger partial charge is 0.414 e. The molecule has 0 amide bonds. The molecule has 0 aromatic carbocycles. The highest BCUT2D eigenvalue weighted by atomic mass is 16.4. The van der Waals surface area contributed by atoms with E-state index in [-0.39, 0.29) is 17.6 Å². The van der Waals surface area contributed by atoms with Crippen LogP contribution in [0, 0.1) is 5.92 Å². The summed E-state index contributed by atoms with van der Waals surface area (Å²) in [5.41, 5.74) is 0.706. The van der Waals surface area contributed by atoms with Gasteiger partial charge in [0.05, 0.1) is 5.56 Å². The highest BCUT2D eigenvalue weighted by molar-refractivity contribution is 5.93. The molecule has 0 spiro atoms. The first-order valence-corrected chi connectivity index (χ1v) is 4.96.